The van der Waals surface area contributed by atoms with Crippen molar-refractivity contribution in [3.8, 4) is 9.88 Å². The zero-order chi connectivity index (χ0) is 11.7. The second-order valence-electron chi connectivity index (χ2n) is 4.28. The van der Waals surface area contributed by atoms with Crippen molar-refractivity contribution in [2.24, 2.45) is 5.73 Å². The summed E-state index contributed by atoms with van der Waals surface area (Å²) in [6.07, 6.45) is 1.72. The lowest BCUT2D eigenvalue weighted by Crippen LogP contribution is -2.42. The van der Waals surface area contributed by atoms with E-state index in [0.717, 1.165) is 36.8 Å². The highest BCUT2D eigenvalue weighted by atomic mass is 32.1. The van der Waals surface area contributed by atoms with E-state index in [9.17, 15) is 0 Å². The van der Waals surface area contributed by atoms with Crippen molar-refractivity contribution in [2.75, 3.05) is 13.2 Å². The van der Waals surface area contributed by atoms with Gasteiger partial charge in [0.2, 0.25) is 0 Å². The first-order chi connectivity index (χ1) is 8.28. The Kier molecular flexibility index (Phi) is 3.00. The summed E-state index contributed by atoms with van der Waals surface area (Å²) in [7, 11) is 0. The molecule has 2 N–H and O–H groups in total. The van der Waals surface area contributed by atoms with Gasteiger partial charge in [0.25, 0.3) is 0 Å². The van der Waals surface area contributed by atoms with E-state index in [0.29, 0.717) is 0 Å². The van der Waals surface area contributed by atoms with Crippen LogP contribution in [0.25, 0.3) is 9.88 Å². The molecule has 1 aliphatic rings. The normalized spacial score (nSPS) is 19.4. The molecule has 0 saturated carbocycles. The predicted octanol–water partition coefficient (Wildman–Crippen LogP) is 2.84. The van der Waals surface area contributed by atoms with Crippen LogP contribution in [0.4, 0.5) is 0 Å². The van der Waals surface area contributed by atoms with Gasteiger partial charge in [-0.2, -0.15) is 0 Å². The summed E-state index contributed by atoms with van der Waals surface area (Å²) in [5.41, 5.74) is 7.15. The lowest BCUT2D eigenvalue weighted by molar-refractivity contribution is 0.0510. The maximum absolute atomic E-state index is 6.41. The minimum Gasteiger partial charge on any atom is -0.381 e. The van der Waals surface area contributed by atoms with Crippen molar-refractivity contribution in [3.05, 3.63) is 28.6 Å². The molecule has 17 heavy (non-hydrogen) atoms. The van der Waals surface area contributed by atoms with Crippen LogP contribution in [0.5, 0.6) is 0 Å². The lowest BCUT2D eigenvalue weighted by Gasteiger charge is -2.31. The molecule has 1 fully saturated rings. The molecule has 0 aromatic carbocycles. The van der Waals surface area contributed by atoms with Gasteiger partial charge in [0.1, 0.15) is 5.01 Å². The molecule has 5 heteroatoms. The third-order valence-electron chi connectivity index (χ3n) is 3.13. The quantitative estimate of drug-likeness (QED) is 0.909. The molecule has 2 aromatic heterocycles. The summed E-state index contributed by atoms with van der Waals surface area (Å²) in [4.78, 5) is 5.92. The maximum Gasteiger partial charge on any atom is 0.133 e. The Morgan fingerprint density at radius 3 is 2.82 bits per heavy atom. The summed E-state index contributed by atoms with van der Waals surface area (Å²) < 4.78 is 5.36. The summed E-state index contributed by atoms with van der Waals surface area (Å²) in [5, 5.41) is 5.25. The van der Waals surface area contributed by atoms with Crippen molar-refractivity contribution < 1.29 is 4.74 Å². The molecule has 3 rings (SSSR count). The Balaban J connectivity index is 1.89. The molecule has 3 heterocycles. The molecule has 1 aliphatic heterocycles. The van der Waals surface area contributed by atoms with Gasteiger partial charge in [-0.3, -0.25) is 0 Å². The van der Waals surface area contributed by atoms with Crippen LogP contribution in [0.15, 0.2) is 22.9 Å². The largest absolute Gasteiger partial charge is 0.381 e. The molecule has 0 aliphatic carbocycles. The highest BCUT2D eigenvalue weighted by Crippen LogP contribution is 2.34. The standard InChI is InChI=1S/C12H14N2OS2/c13-12(3-5-15-6-4-12)10-8-17-11(14-10)9-2-1-7-16-9/h1-2,7-8H,3-6,13H2. The summed E-state index contributed by atoms with van der Waals surface area (Å²) in [6.45, 7) is 1.48. The number of hydrogen-bond acceptors (Lipinski definition) is 5. The van der Waals surface area contributed by atoms with Crippen LogP contribution in [0.1, 0.15) is 18.5 Å². The van der Waals surface area contributed by atoms with Crippen molar-refractivity contribution in [3.63, 3.8) is 0 Å². The average Bonchev–Trinajstić information content (AvgIpc) is 3.01. The Labute approximate surface area is 108 Å². The monoisotopic (exact) mass is 266 g/mol. The van der Waals surface area contributed by atoms with Gasteiger partial charge in [-0.05, 0) is 24.3 Å². The smallest absolute Gasteiger partial charge is 0.133 e. The summed E-state index contributed by atoms with van der Waals surface area (Å²) >= 11 is 3.40. The van der Waals surface area contributed by atoms with Gasteiger partial charge in [0.15, 0.2) is 0 Å². The van der Waals surface area contributed by atoms with Gasteiger partial charge in [-0.15, -0.1) is 22.7 Å². The van der Waals surface area contributed by atoms with E-state index in [1.165, 1.54) is 4.88 Å². The Bertz CT molecular complexity index is 486. The molecular weight excluding hydrogens is 252 g/mol. The number of thiazole rings is 1. The molecule has 0 radical (unpaired) electrons. The van der Waals surface area contributed by atoms with Gasteiger partial charge in [-0.1, -0.05) is 6.07 Å². The summed E-state index contributed by atoms with van der Waals surface area (Å²) in [5.74, 6) is 0. The van der Waals surface area contributed by atoms with Crippen LogP contribution in [0, 0.1) is 0 Å². The average molecular weight is 266 g/mol. The number of nitrogens with zero attached hydrogens (tertiary/aromatic N) is 1. The summed E-state index contributed by atoms with van der Waals surface area (Å²) in [6, 6.07) is 4.15. The minimum atomic E-state index is -0.287. The van der Waals surface area contributed by atoms with Crippen LogP contribution in [0.3, 0.4) is 0 Å². The van der Waals surface area contributed by atoms with Gasteiger partial charge < -0.3 is 10.5 Å². The van der Waals surface area contributed by atoms with Crippen LogP contribution in [-0.2, 0) is 10.3 Å². The molecule has 0 bridgehead atoms. The molecule has 0 spiro atoms. The van der Waals surface area contributed by atoms with Crippen molar-refractivity contribution >= 4 is 22.7 Å². The third kappa shape index (κ3) is 2.15. The van der Waals surface area contributed by atoms with E-state index >= 15 is 0 Å². The Hall–Kier alpha value is -0.750. The van der Waals surface area contributed by atoms with Crippen molar-refractivity contribution in [2.45, 2.75) is 18.4 Å². The molecule has 90 valence electrons. The second-order valence-corrected chi connectivity index (χ2v) is 6.09. The van der Waals surface area contributed by atoms with Crippen LogP contribution >= 0.6 is 22.7 Å². The predicted molar refractivity (Wildman–Crippen MR) is 71.3 cm³/mol. The van der Waals surface area contributed by atoms with Crippen molar-refractivity contribution in [1.82, 2.24) is 4.98 Å². The number of hydrogen-bond donors (Lipinski definition) is 1. The van der Waals surface area contributed by atoms with Crippen LogP contribution in [0.2, 0.25) is 0 Å². The van der Waals surface area contributed by atoms with Crippen molar-refractivity contribution in [1.29, 1.82) is 0 Å². The molecule has 3 nitrogen and oxygen atoms in total. The fraction of sp³-hybridized carbons (Fsp3) is 0.417. The number of thiophene rings is 1. The first-order valence-corrected chi connectivity index (χ1v) is 7.40. The van der Waals surface area contributed by atoms with E-state index in [2.05, 4.69) is 16.8 Å². The van der Waals surface area contributed by atoms with Gasteiger partial charge in [0, 0.05) is 18.6 Å². The number of ether oxygens (including phenoxy) is 1. The van der Waals surface area contributed by atoms with E-state index < -0.39 is 0 Å². The number of nitrogens with two attached hydrogens (primary N) is 1. The first kappa shape index (κ1) is 11.3. The zero-order valence-electron chi connectivity index (χ0n) is 9.39. The molecule has 1 saturated heterocycles. The van der Waals surface area contributed by atoms with E-state index in [1.807, 2.05) is 6.07 Å². The second kappa shape index (κ2) is 4.49. The fourth-order valence-electron chi connectivity index (χ4n) is 2.01. The number of rotatable bonds is 2. The van der Waals surface area contributed by atoms with Crippen LogP contribution < -0.4 is 5.73 Å². The Morgan fingerprint density at radius 2 is 2.12 bits per heavy atom. The molecule has 0 amide bonds. The van der Waals surface area contributed by atoms with Gasteiger partial charge in [-0.25, -0.2) is 4.98 Å². The molecule has 0 atom stereocenters. The van der Waals surface area contributed by atoms with E-state index in [4.69, 9.17) is 15.5 Å². The fourth-order valence-corrected chi connectivity index (χ4v) is 3.75. The maximum atomic E-state index is 6.41. The number of aromatic nitrogens is 1. The highest BCUT2D eigenvalue weighted by molar-refractivity contribution is 7.20. The van der Waals surface area contributed by atoms with Gasteiger partial charge in [0.05, 0.1) is 16.1 Å². The topological polar surface area (TPSA) is 48.1 Å². The third-order valence-corrected chi connectivity index (χ3v) is 5.01. The Morgan fingerprint density at radius 1 is 1.29 bits per heavy atom. The van der Waals surface area contributed by atoms with E-state index in [1.54, 1.807) is 22.7 Å². The molecule has 0 unspecified atom stereocenters. The first-order valence-electron chi connectivity index (χ1n) is 5.64. The minimum absolute atomic E-state index is 0.287. The SMILES string of the molecule is NC1(c2csc(-c3cccs3)n2)CCOCC1. The van der Waals surface area contributed by atoms with E-state index in [-0.39, 0.29) is 5.54 Å². The lowest BCUT2D eigenvalue weighted by atomic mass is 9.88. The molecular formula is C12H14N2OS2. The van der Waals surface area contributed by atoms with Gasteiger partial charge >= 0.3 is 0 Å². The zero-order valence-corrected chi connectivity index (χ0v) is 11.0. The van der Waals surface area contributed by atoms with Crippen LogP contribution in [-0.4, -0.2) is 18.2 Å². The molecule has 2 aromatic rings. The highest BCUT2D eigenvalue weighted by Gasteiger charge is 2.32.